The molecule has 0 unspecified atom stereocenters. The maximum absolute atomic E-state index is 11.9. The third kappa shape index (κ3) is 3.26. The van der Waals surface area contributed by atoms with E-state index in [4.69, 9.17) is 10.5 Å². The maximum Gasteiger partial charge on any atom is 0.339 e. The van der Waals surface area contributed by atoms with Gasteiger partial charge in [-0.3, -0.25) is 4.98 Å². The number of hydrogen-bond donors (Lipinski definition) is 1. The Balaban J connectivity index is 2.36. The van der Waals surface area contributed by atoms with Gasteiger partial charge in [0.15, 0.2) is 0 Å². The van der Waals surface area contributed by atoms with Crippen LogP contribution >= 0.6 is 11.8 Å². The Bertz CT molecular complexity index is 573. The van der Waals surface area contributed by atoms with Gasteiger partial charge in [-0.2, -0.15) is 0 Å². The van der Waals surface area contributed by atoms with Gasteiger partial charge in [-0.1, -0.05) is 17.8 Å². The highest BCUT2D eigenvalue weighted by atomic mass is 32.2. The van der Waals surface area contributed by atoms with Gasteiger partial charge in [-0.05, 0) is 31.2 Å². The van der Waals surface area contributed by atoms with E-state index in [1.54, 1.807) is 37.5 Å². The minimum Gasteiger partial charge on any atom is -0.462 e. The second kappa shape index (κ2) is 6.24. The molecule has 0 radical (unpaired) electrons. The van der Waals surface area contributed by atoms with E-state index < -0.39 is 0 Å². The Kier molecular flexibility index (Phi) is 4.41. The van der Waals surface area contributed by atoms with E-state index in [1.165, 1.54) is 11.8 Å². The van der Waals surface area contributed by atoms with Gasteiger partial charge in [0.1, 0.15) is 0 Å². The molecule has 0 bridgehead atoms. The normalized spacial score (nSPS) is 10.2. The minimum absolute atomic E-state index is 0.340. The van der Waals surface area contributed by atoms with E-state index in [9.17, 15) is 4.79 Å². The topological polar surface area (TPSA) is 65.2 Å². The molecule has 0 aliphatic carbocycles. The van der Waals surface area contributed by atoms with E-state index in [1.807, 2.05) is 12.1 Å². The van der Waals surface area contributed by atoms with Crippen molar-refractivity contribution >= 4 is 23.4 Å². The van der Waals surface area contributed by atoms with Crippen molar-refractivity contribution in [3.05, 3.63) is 48.3 Å². The van der Waals surface area contributed by atoms with Gasteiger partial charge in [-0.25, -0.2) is 4.79 Å². The summed E-state index contributed by atoms with van der Waals surface area (Å²) in [5.74, 6) is -0.355. The molecule has 1 heterocycles. The van der Waals surface area contributed by atoms with Crippen LogP contribution < -0.4 is 5.73 Å². The number of ether oxygens (including phenoxy) is 1. The predicted molar refractivity (Wildman–Crippen MR) is 75.2 cm³/mol. The molecular weight excluding hydrogens is 260 g/mol. The molecule has 5 heteroatoms. The van der Waals surface area contributed by atoms with Crippen LogP contribution in [0, 0.1) is 0 Å². The smallest absolute Gasteiger partial charge is 0.339 e. The maximum atomic E-state index is 11.9. The summed E-state index contributed by atoms with van der Waals surface area (Å²) in [6.07, 6.45) is 3.40. The van der Waals surface area contributed by atoms with Crippen molar-refractivity contribution in [2.45, 2.75) is 16.7 Å². The molecule has 0 atom stereocenters. The van der Waals surface area contributed by atoms with Gasteiger partial charge in [0.2, 0.25) is 0 Å². The Morgan fingerprint density at radius 1 is 1.32 bits per heavy atom. The minimum atomic E-state index is -0.355. The molecule has 0 saturated heterocycles. The fraction of sp³-hybridized carbons (Fsp3) is 0.143. The first kappa shape index (κ1) is 13.4. The second-order valence-electron chi connectivity index (χ2n) is 3.73. The fourth-order valence-corrected chi connectivity index (χ4v) is 2.50. The lowest BCUT2D eigenvalue weighted by Gasteiger charge is -2.10. The van der Waals surface area contributed by atoms with Crippen molar-refractivity contribution in [2.75, 3.05) is 12.3 Å². The molecule has 98 valence electrons. The largest absolute Gasteiger partial charge is 0.462 e. The molecule has 0 spiro atoms. The molecule has 0 amide bonds. The number of esters is 1. The van der Waals surface area contributed by atoms with Crippen molar-refractivity contribution in [3.8, 4) is 0 Å². The van der Waals surface area contributed by atoms with E-state index in [-0.39, 0.29) is 5.97 Å². The first-order valence-corrected chi connectivity index (χ1v) is 6.67. The highest BCUT2D eigenvalue weighted by molar-refractivity contribution is 7.99. The molecule has 0 aliphatic rings. The Hall–Kier alpha value is -2.01. The van der Waals surface area contributed by atoms with Crippen LogP contribution in [0.15, 0.2) is 52.5 Å². The number of anilines is 1. The van der Waals surface area contributed by atoms with Crippen molar-refractivity contribution in [2.24, 2.45) is 0 Å². The summed E-state index contributed by atoms with van der Waals surface area (Å²) in [5, 5.41) is 0. The number of nitrogens with two attached hydrogens (primary N) is 1. The van der Waals surface area contributed by atoms with Crippen molar-refractivity contribution < 1.29 is 9.53 Å². The van der Waals surface area contributed by atoms with Crippen molar-refractivity contribution in [1.82, 2.24) is 4.98 Å². The zero-order valence-electron chi connectivity index (χ0n) is 10.5. The standard InChI is InChI=1S/C14H14N2O2S/c1-2-18-14(17)11-4-3-5-12(15)13(11)19-10-6-8-16-9-7-10/h3-9H,2,15H2,1H3. The van der Waals surface area contributed by atoms with Gasteiger partial charge >= 0.3 is 5.97 Å². The van der Waals surface area contributed by atoms with Gasteiger partial charge in [0.25, 0.3) is 0 Å². The van der Waals surface area contributed by atoms with E-state index >= 15 is 0 Å². The molecule has 2 rings (SSSR count). The summed E-state index contributed by atoms with van der Waals surface area (Å²) >= 11 is 1.43. The number of nitrogens with zero attached hydrogens (tertiary/aromatic N) is 1. The molecule has 0 fully saturated rings. The highest BCUT2D eigenvalue weighted by Crippen LogP contribution is 2.34. The molecule has 0 aliphatic heterocycles. The zero-order valence-corrected chi connectivity index (χ0v) is 11.3. The Morgan fingerprint density at radius 2 is 2.05 bits per heavy atom. The molecule has 1 aromatic heterocycles. The molecule has 19 heavy (non-hydrogen) atoms. The average molecular weight is 274 g/mol. The highest BCUT2D eigenvalue weighted by Gasteiger charge is 2.15. The number of rotatable bonds is 4. The van der Waals surface area contributed by atoms with Crippen LogP contribution in [-0.2, 0) is 4.74 Å². The summed E-state index contributed by atoms with van der Waals surface area (Å²) < 4.78 is 5.04. The van der Waals surface area contributed by atoms with Crippen LogP contribution in [-0.4, -0.2) is 17.6 Å². The number of pyridine rings is 1. The van der Waals surface area contributed by atoms with E-state index in [0.29, 0.717) is 22.8 Å². The van der Waals surface area contributed by atoms with Gasteiger partial charge in [0, 0.05) is 27.9 Å². The van der Waals surface area contributed by atoms with Gasteiger partial charge in [0.05, 0.1) is 12.2 Å². The van der Waals surface area contributed by atoms with Crippen LogP contribution in [0.5, 0.6) is 0 Å². The summed E-state index contributed by atoms with van der Waals surface area (Å²) in [5.41, 5.74) is 7.01. The first-order valence-electron chi connectivity index (χ1n) is 5.86. The van der Waals surface area contributed by atoms with Crippen LogP contribution in [0.3, 0.4) is 0 Å². The molecule has 0 saturated carbocycles. The average Bonchev–Trinajstić information content (AvgIpc) is 2.42. The van der Waals surface area contributed by atoms with Crippen LogP contribution in [0.2, 0.25) is 0 Å². The predicted octanol–water partition coefficient (Wildman–Crippen LogP) is 2.99. The summed E-state index contributed by atoms with van der Waals surface area (Å²) in [4.78, 5) is 17.6. The number of carbonyl (C=O) groups excluding carboxylic acids is 1. The lowest BCUT2D eigenvalue weighted by atomic mass is 10.2. The lowest BCUT2D eigenvalue weighted by molar-refractivity contribution is 0.0522. The fourth-order valence-electron chi connectivity index (χ4n) is 1.56. The number of hydrogen-bond acceptors (Lipinski definition) is 5. The SMILES string of the molecule is CCOC(=O)c1cccc(N)c1Sc1ccncc1. The van der Waals surface area contributed by atoms with E-state index in [0.717, 1.165) is 4.90 Å². The van der Waals surface area contributed by atoms with Crippen molar-refractivity contribution in [3.63, 3.8) is 0 Å². The van der Waals surface area contributed by atoms with Crippen LogP contribution in [0.25, 0.3) is 0 Å². The van der Waals surface area contributed by atoms with E-state index in [2.05, 4.69) is 4.98 Å². The summed E-state index contributed by atoms with van der Waals surface area (Å²) in [6, 6.07) is 8.97. The summed E-state index contributed by atoms with van der Waals surface area (Å²) in [7, 11) is 0. The van der Waals surface area contributed by atoms with Gasteiger partial charge in [-0.15, -0.1) is 0 Å². The molecule has 2 aromatic rings. The molecule has 4 nitrogen and oxygen atoms in total. The number of carbonyl (C=O) groups is 1. The zero-order chi connectivity index (χ0) is 13.7. The number of aromatic nitrogens is 1. The number of nitrogen functional groups attached to an aromatic ring is 1. The summed E-state index contributed by atoms with van der Waals surface area (Å²) in [6.45, 7) is 2.12. The van der Waals surface area contributed by atoms with Crippen LogP contribution in [0.1, 0.15) is 17.3 Å². The first-order chi connectivity index (χ1) is 9.22. The molecule has 2 N–H and O–H groups in total. The monoisotopic (exact) mass is 274 g/mol. The third-order valence-electron chi connectivity index (χ3n) is 2.41. The van der Waals surface area contributed by atoms with Crippen LogP contribution in [0.4, 0.5) is 5.69 Å². The Morgan fingerprint density at radius 3 is 2.74 bits per heavy atom. The third-order valence-corrected chi connectivity index (χ3v) is 3.58. The Labute approximate surface area is 116 Å². The molecule has 1 aromatic carbocycles. The second-order valence-corrected chi connectivity index (χ2v) is 4.81. The van der Waals surface area contributed by atoms with Gasteiger partial charge < -0.3 is 10.5 Å². The number of benzene rings is 1. The quantitative estimate of drug-likeness (QED) is 0.686. The molecular formula is C14H14N2O2S. The van der Waals surface area contributed by atoms with Crippen molar-refractivity contribution in [1.29, 1.82) is 0 Å². The lowest BCUT2D eigenvalue weighted by Crippen LogP contribution is -2.07.